The van der Waals surface area contributed by atoms with Crippen molar-refractivity contribution < 1.29 is 24.2 Å². The minimum Gasteiger partial charge on any atom is -0.493 e. The number of carboxylic acids is 1. The predicted octanol–water partition coefficient (Wildman–Crippen LogP) is 9.91. The molecule has 1 aliphatic heterocycles. The highest BCUT2D eigenvalue weighted by atomic mass is 16.5. The number of unbranched alkanes of at least 4 members (excludes halogenated alkanes) is 12. The molecular formula is C40H61NO5. The number of likely N-dealkylation sites (tertiary alicyclic amines) is 1. The van der Waals surface area contributed by atoms with E-state index in [-0.39, 0.29) is 11.7 Å². The van der Waals surface area contributed by atoms with Gasteiger partial charge in [0.2, 0.25) is 0 Å². The van der Waals surface area contributed by atoms with Gasteiger partial charge >= 0.3 is 5.97 Å². The fraction of sp³-hybridized carbons (Fsp3) is 0.650. The van der Waals surface area contributed by atoms with Crippen molar-refractivity contribution in [2.45, 2.75) is 129 Å². The van der Waals surface area contributed by atoms with Crippen LogP contribution in [0.15, 0.2) is 42.5 Å². The highest BCUT2D eigenvalue weighted by Crippen LogP contribution is 2.39. The number of hydrogen-bond acceptors (Lipinski definition) is 5. The second kappa shape index (κ2) is 21.8. The quantitative estimate of drug-likeness (QED) is 0.146. The number of fused-ring (bicyclic) bond motifs is 1. The molecule has 0 bridgehead atoms. The lowest BCUT2D eigenvalue weighted by Crippen LogP contribution is -2.34. The van der Waals surface area contributed by atoms with E-state index in [9.17, 15) is 9.59 Å². The molecule has 1 heterocycles. The Morgan fingerprint density at radius 1 is 0.804 bits per heavy atom. The second-order valence-corrected chi connectivity index (χ2v) is 13.5. The number of carbonyl (C=O) groups is 2. The van der Waals surface area contributed by atoms with Crippen molar-refractivity contribution in [2.24, 2.45) is 11.8 Å². The summed E-state index contributed by atoms with van der Waals surface area (Å²) in [5, 5.41) is 8.49. The SMILES string of the molecule is CCCCCCCCCCCCCCCC(=O)O.COc1cc2c(cc1OC)C(=O)C(CC1CCN(Cc3ccccc3)CC1)C2. The molecular weight excluding hydrogens is 574 g/mol. The van der Waals surface area contributed by atoms with Gasteiger partial charge in [-0.1, -0.05) is 114 Å². The van der Waals surface area contributed by atoms with Gasteiger partial charge in [0.05, 0.1) is 14.2 Å². The lowest BCUT2D eigenvalue weighted by atomic mass is 9.85. The molecule has 1 unspecified atom stereocenters. The van der Waals surface area contributed by atoms with Crippen molar-refractivity contribution in [3.05, 3.63) is 59.2 Å². The number of methoxy groups -OCH3 is 2. The first kappa shape index (κ1) is 37.6. The minimum absolute atomic E-state index is 0.109. The molecule has 46 heavy (non-hydrogen) atoms. The van der Waals surface area contributed by atoms with Crippen LogP contribution in [0.25, 0.3) is 0 Å². The van der Waals surface area contributed by atoms with Gasteiger partial charge in [-0.3, -0.25) is 14.5 Å². The van der Waals surface area contributed by atoms with E-state index >= 15 is 0 Å². The number of piperidine rings is 1. The minimum atomic E-state index is -0.655. The number of ether oxygens (including phenoxy) is 2. The van der Waals surface area contributed by atoms with E-state index < -0.39 is 5.97 Å². The van der Waals surface area contributed by atoms with Crippen LogP contribution in [0.1, 0.15) is 138 Å². The van der Waals surface area contributed by atoms with Gasteiger partial charge in [0.1, 0.15) is 0 Å². The number of nitrogens with zero attached hydrogens (tertiary/aromatic N) is 1. The number of Topliss-reactive ketones (excluding diaryl/α,β-unsaturated/α-hetero) is 1. The Morgan fingerprint density at radius 3 is 1.89 bits per heavy atom. The zero-order valence-corrected chi connectivity index (χ0v) is 29.1. The third kappa shape index (κ3) is 13.5. The van der Waals surface area contributed by atoms with Crippen LogP contribution < -0.4 is 9.47 Å². The Labute approximate surface area is 279 Å². The van der Waals surface area contributed by atoms with E-state index in [2.05, 4.69) is 42.2 Å². The Balaban J connectivity index is 0.000000280. The fourth-order valence-corrected chi connectivity index (χ4v) is 7.01. The van der Waals surface area contributed by atoms with E-state index in [1.807, 2.05) is 12.1 Å². The maximum Gasteiger partial charge on any atom is 0.303 e. The molecule has 0 aromatic heterocycles. The summed E-state index contributed by atoms with van der Waals surface area (Å²) in [6.07, 6.45) is 21.5. The van der Waals surface area contributed by atoms with E-state index in [4.69, 9.17) is 14.6 Å². The molecule has 6 heteroatoms. The van der Waals surface area contributed by atoms with Crippen LogP contribution in [0, 0.1) is 11.8 Å². The number of hydrogen-bond donors (Lipinski definition) is 1. The maximum atomic E-state index is 12.9. The summed E-state index contributed by atoms with van der Waals surface area (Å²) >= 11 is 0. The summed E-state index contributed by atoms with van der Waals surface area (Å²) in [6, 6.07) is 14.5. The first-order chi connectivity index (χ1) is 22.4. The van der Waals surface area contributed by atoms with E-state index in [0.29, 0.717) is 23.8 Å². The third-order valence-corrected chi connectivity index (χ3v) is 9.78. The highest BCUT2D eigenvalue weighted by molar-refractivity contribution is 6.02. The van der Waals surface area contributed by atoms with Crippen molar-refractivity contribution in [1.29, 1.82) is 0 Å². The average molecular weight is 636 g/mol. The van der Waals surface area contributed by atoms with Gasteiger partial charge in [-0.05, 0) is 74.4 Å². The Hall–Kier alpha value is -2.86. The Kier molecular flexibility index (Phi) is 17.9. The summed E-state index contributed by atoms with van der Waals surface area (Å²) < 4.78 is 10.8. The molecule has 1 fully saturated rings. The fourth-order valence-electron chi connectivity index (χ4n) is 7.01. The molecule has 6 nitrogen and oxygen atoms in total. The van der Waals surface area contributed by atoms with Crippen LogP contribution in [-0.2, 0) is 17.8 Å². The summed E-state index contributed by atoms with van der Waals surface area (Å²) in [7, 11) is 3.26. The molecule has 256 valence electrons. The number of aliphatic carboxylic acids is 1. The topological polar surface area (TPSA) is 76.1 Å². The number of benzene rings is 2. The molecule has 0 radical (unpaired) electrons. The van der Waals surface area contributed by atoms with E-state index in [1.165, 1.54) is 89.0 Å². The summed E-state index contributed by atoms with van der Waals surface area (Å²) in [6.45, 7) is 5.53. The van der Waals surface area contributed by atoms with Gasteiger partial charge in [-0.25, -0.2) is 0 Å². The predicted molar refractivity (Wildman–Crippen MR) is 188 cm³/mol. The standard InChI is InChI=1S/C24H29NO3.C16H32O2/c1-27-22-14-19-13-20(24(26)21(19)15-23(22)28-2)12-17-8-10-25(11-9-17)16-18-6-4-3-5-7-18;1-2-3-4-5-6-7-8-9-10-11-12-13-14-15-16(17)18/h3-7,14-15,17,20H,8-13,16H2,1-2H3;2-15H2,1H3,(H,17,18). The molecule has 0 saturated carbocycles. The number of rotatable bonds is 20. The number of carboxylic acid groups (broad SMARTS) is 1. The summed E-state index contributed by atoms with van der Waals surface area (Å²) in [5.74, 6) is 1.73. The zero-order chi connectivity index (χ0) is 33.0. The average Bonchev–Trinajstić information content (AvgIpc) is 3.37. The molecule has 2 aromatic carbocycles. The highest BCUT2D eigenvalue weighted by Gasteiger charge is 2.34. The van der Waals surface area contributed by atoms with E-state index in [1.54, 1.807) is 14.2 Å². The van der Waals surface area contributed by atoms with Crippen LogP contribution in [0.2, 0.25) is 0 Å². The maximum absolute atomic E-state index is 12.9. The van der Waals surface area contributed by atoms with Crippen molar-refractivity contribution in [2.75, 3.05) is 27.3 Å². The van der Waals surface area contributed by atoms with Crippen LogP contribution >= 0.6 is 0 Å². The van der Waals surface area contributed by atoms with Crippen molar-refractivity contribution in [3.8, 4) is 11.5 Å². The molecule has 1 aliphatic carbocycles. The lowest BCUT2D eigenvalue weighted by molar-refractivity contribution is -0.137. The van der Waals surface area contributed by atoms with Crippen LogP contribution in [0.4, 0.5) is 0 Å². The second-order valence-electron chi connectivity index (χ2n) is 13.5. The molecule has 1 saturated heterocycles. The molecule has 0 spiro atoms. The van der Waals surface area contributed by atoms with Gasteiger partial charge in [-0.15, -0.1) is 0 Å². The zero-order valence-electron chi connectivity index (χ0n) is 29.1. The normalized spacial score (nSPS) is 16.5. The Bertz CT molecular complexity index is 1140. The lowest BCUT2D eigenvalue weighted by Gasteiger charge is -2.32. The van der Waals surface area contributed by atoms with Gasteiger partial charge in [0, 0.05) is 24.4 Å². The first-order valence-electron chi connectivity index (χ1n) is 18.2. The monoisotopic (exact) mass is 635 g/mol. The van der Waals surface area contributed by atoms with Gasteiger partial charge in [-0.2, -0.15) is 0 Å². The molecule has 0 amide bonds. The Morgan fingerprint density at radius 2 is 1.35 bits per heavy atom. The molecule has 2 aromatic rings. The number of carbonyl (C=O) groups excluding carboxylic acids is 1. The van der Waals surface area contributed by atoms with Crippen LogP contribution in [0.3, 0.4) is 0 Å². The summed E-state index contributed by atoms with van der Waals surface area (Å²) in [4.78, 5) is 25.8. The summed E-state index contributed by atoms with van der Waals surface area (Å²) in [5.41, 5.74) is 3.31. The molecule has 1 N–H and O–H groups in total. The van der Waals surface area contributed by atoms with E-state index in [0.717, 1.165) is 56.4 Å². The van der Waals surface area contributed by atoms with Crippen LogP contribution in [0.5, 0.6) is 11.5 Å². The van der Waals surface area contributed by atoms with Crippen molar-refractivity contribution in [3.63, 3.8) is 0 Å². The molecule has 4 rings (SSSR count). The van der Waals surface area contributed by atoms with Crippen LogP contribution in [-0.4, -0.2) is 49.1 Å². The molecule has 2 aliphatic rings. The van der Waals surface area contributed by atoms with Crippen molar-refractivity contribution in [1.82, 2.24) is 4.90 Å². The largest absolute Gasteiger partial charge is 0.493 e. The third-order valence-electron chi connectivity index (χ3n) is 9.78. The van der Waals surface area contributed by atoms with Gasteiger partial charge in [0.15, 0.2) is 17.3 Å². The van der Waals surface area contributed by atoms with Crippen molar-refractivity contribution >= 4 is 11.8 Å². The van der Waals surface area contributed by atoms with Gasteiger partial charge < -0.3 is 14.6 Å². The van der Waals surface area contributed by atoms with Gasteiger partial charge in [0.25, 0.3) is 0 Å². The smallest absolute Gasteiger partial charge is 0.303 e. The molecule has 1 atom stereocenters. The first-order valence-corrected chi connectivity index (χ1v) is 18.2. The number of ketones is 1.